The Morgan fingerprint density at radius 3 is 2.40 bits per heavy atom. The smallest absolute Gasteiger partial charge is 0.410 e. The number of hydrogen-bond donors (Lipinski definition) is 2. The molecule has 3 atom stereocenters. The summed E-state index contributed by atoms with van der Waals surface area (Å²) in [6.07, 6.45) is -1.28. The molecule has 35 heavy (non-hydrogen) atoms. The Bertz CT molecular complexity index is 1040. The number of rotatable bonds is 7. The van der Waals surface area contributed by atoms with Gasteiger partial charge in [-0.15, -0.1) is 0 Å². The molecule has 0 radical (unpaired) electrons. The third-order valence-electron chi connectivity index (χ3n) is 6.16. The number of aromatic nitrogens is 2. The fraction of sp³-hybridized carbons (Fsp3) is 0.654. The number of fused-ring (bicyclic) bond motifs is 1. The molecule has 1 fully saturated rings. The molecule has 194 valence electrons. The van der Waals surface area contributed by atoms with E-state index in [0.717, 1.165) is 11.0 Å². The first-order chi connectivity index (χ1) is 16.3. The number of benzene rings is 1. The first-order valence-corrected chi connectivity index (χ1v) is 12.4. The van der Waals surface area contributed by atoms with Gasteiger partial charge in [0.2, 0.25) is 0 Å². The number of carboxylic acids is 1. The van der Waals surface area contributed by atoms with Crippen molar-refractivity contribution in [3.05, 3.63) is 30.1 Å². The number of aliphatic carboxylic acids is 1. The normalized spacial score (nSPS) is 20.1. The average Bonchev–Trinajstić information content (AvgIpc) is 3.15. The fourth-order valence-corrected chi connectivity index (χ4v) is 4.77. The summed E-state index contributed by atoms with van der Waals surface area (Å²) in [5.41, 5.74) is 1.04. The van der Waals surface area contributed by atoms with Crippen LogP contribution in [0.3, 0.4) is 0 Å². The van der Waals surface area contributed by atoms with Gasteiger partial charge in [-0.25, -0.2) is 9.78 Å². The van der Waals surface area contributed by atoms with E-state index in [0.29, 0.717) is 18.8 Å². The second-order valence-electron chi connectivity index (χ2n) is 11.2. The van der Waals surface area contributed by atoms with E-state index in [9.17, 15) is 19.8 Å². The van der Waals surface area contributed by atoms with E-state index in [-0.39, 0.29) is 31.1 Å². The van der Waals surface area contributed by atoms with Crippen molar-refractivity contribution in [2.24, 2.45) is 11.8 Å². The predicted molar refractivity (Wildman–Crippen MR) is 134 cm³/mol. The van der Waals surface area contributed by atoms with Crippen LogP contribution >= 0.6 is 0 Å². The van der Waals surface area contributed by atoms with Crippen LogP contribution < -0.4 is 0 Å². The van der Waals surface area contributed by atoms with Gasteiger partial charge in [-0.1, -0.05) is 26.0 Å². The molecule has 0 saturated carbocycles. The van der Waals surface area contributed by atoms with Crippen LogP contribution in [-0.2, 0) is 9.53 Å². The molecule has 2 N–H and O–H groups in total. The molecular weight excluding hydrogens is 448 g/mol. The van der Waals surface area contributed by atoms with Crippen molar-refractivity contribution < 1.29 is 24.5 Å². The topological polar surface area (TPSA) is 108 Å². The molecule has 1 amide bonds. The zero-order valence-corrected chi connectivity index (χ0v) is 21.9. The van der Waals surface area contributed by atoms with Crippen LogP contribution in [0.5, 0.6) is 0 Å². The highest BCUT2D eigenvalue weighted by atomic mass is 16.6. The summed E-state index contributed by atoms with van der Waals surface area (Å²) >= 11 is 0. The lowest BCUT2D eigenvalue weighted by molar-refractivity contribution is -0.146. The summed E-state index contributed by atoms with van der Waals surface area (Å²) in [5, 5.41) is 21.6. The Morgan fingerprint density at radius 2 is 1.83 bits per heavy atom. The van der Waals surface area contributed by atoms with Crippen LogP contribution in [0.25, 0.3) is 11.0 Å². The van der Waals surface area contributed by atoms with Crippen molar-refractivity contribution in [1.29, 1.82) is 0 Å². The number of amides is 1. The maximum absolute atomic E-state index is 12.9. The highest BCUT2D eigenvalue weighted by Gasteiger charge is 2.41. The molecule has 9 nitrogen and oxygen atoms in total. The summed E-state index contributed by atoms with van der Waals surface area (Å²) < 4.78 is 7.57. The quantitative estimate of drug-likeness (QED) is 0.560. The summed E-state index contributed by atoms with van der Waals surface area (Å²) in [6, 6.07) is 7.44. The summed E-state index contributed by atoms with van der Waals surface area (Å²) in [7, 11) is 0. The molecule has 1 aromatic heterocycles. The van der Waals surface area contributed by atoms with Gasteiger partial charge in [0.25, 0.3) is 0 Å². The second-order valence-corrected chi connectivity index (χ2v) is 11.2. The number of hydrogen-bond acceptors (Lipinski definition) is 6. The number of imidazole rings is 1. The van der Waals surface area contributed by atoms with Gasteiger partial charge in [0.1, 0.15) is 5.60 Å². The predicted octanol–water partition coefficient (Wildman–Crippen LogP) is 4.28. The first-order valence-electron chi connectivity index (χ1n) is 12.4. The number of carboxylic acid groups (broad SMARTS) is 1. The fourth-order valence-electron chi connectivity index (χ4n) is 4.77. The molecule has 1 aromatic carbocycles. The van der Waals surface area contributed by atoms with E-state index in [4.69, 9.17) is 9.72 Å². The lowest BCUT2D eigenvalue weighted by Crippen LogP contribution is -2.56. The van der Waals surface area contributed by atoms with E-state index >= 15 is 0 Å². The number of carbonyl (C=O) groups excluding carboxylic acids is 1. The number of carbonyl (C=O) groups is 2. The number of aliphatic hydroxyl groups is 1. The van der Waals surface area contributed by atoms with Crippen molar-refractivity contribution in [2.75, 3.05) is 19.6 Å². The molecule has 3 rings (SSSR count). The van der Waals surface area contributed by atoms with Crippen LogP contribution in [0.15, 0.2) is 24.3 Å². The summed E-state index contributed by atoms with van der Waals surface area (Å²) in [6.45, 7) is 14.4. The summed E-state index contributed by atoms with van der Waals surface area (Å²) in [5.74, 6) is -1.01. The van der Waals surface area contributed by atoms with Crippen LogP contribution in [-0.4, -0.2) is 72.9 Å². The van der Waals surface area contributed by atoms with Crippen molar-refractivity contribution in [2.45, 2.75) is 78.8 Å². The van der Waals surface area contributed by atoms with Crippen LogP contribution in [0.1, 0.15) is 73.0 Å². The molecule has 9 heteroatoms. The number of piperidine rings is 1. The Balaban J connectivity index is 2.00. The van der Waals surface area contributed by atoms with E-state index in [1.165, 1.54) is 4.90 Å². The Kier molecular flexibility index (Phi) is 8.11. The van der Waals surface area contributed by atoms with Crippen molar-refractivity contribution >= 4 is 23.1 Å². The molecular formula is C26H40N4O5. The summed E-state index contributed by atoms with van der Waals surface area (Å²) in [4.78, 5) is 33.0. The Labute approximate surface area is 207 Å². The van der Waals surface area contributed by atoms with E-state index in [2.05, 4.69) is 0 Å². The van der Waals surface area contributed by atoms with Crippen LogP contribution in [0.2, 0.25) is 0 Å². The monoisotopic (exact) mass is 488 g/mol. The third kappa shape index (κ3) is 6.32. The minimum Gasteiger partial charge on any atom is -0.481 e. The minimum absolute atomic E-state index is 0.0596. The van der Waals surface area contributed by atoms with Gasteiger partial charge < -0.3 is 24.4 Å². The van der Waals surface area contributed by atoms with Gasteiger partial charge in [0.15, 0.2) is 12.1 Å². The molecule has 2 aromatic rings. The van der Waals surface area contributed by atoms with Crippen LogP contribution in [0, 0.1) is 11.8 Å². The van der Waals surface area contributed by atoms with Crippen molar-refractivity contribution in [3.8, 4) is 0 Å². The molecule has 1 aliphatic heterocycles. The molecule has 0 bridgehead atoms. The number of ether oxygens (including phenoxy) is 1. The van der Waals surface area contributed by atoms with E-state index in [1.807, 2.05) is 61.4 Å². The Hall–Kier alpha value is -2.65. The third-order valence-corrected chi connectivity index (χ3v) is 6.16. The number of aliphatic hydroxyl groups excluding tert-OH is 1. The number of likely N-dealkylation sites (tertiary alicyclic amines) is 1. The maximum atomic E-state index is 12.9. The molecule has 1 saturated heterocycles. The van der Waals surface area contributed by atoms with Crippen molar-refractivity contribution in [3.63, 3.8) is 0 Å². The van der Waals surface area contributed by atoms with Gasteiger partial charge >= 0.3 is 12.1 Å². The molecule has 1 unspecified atom stereocenters. The molecule has 0 spiro atoms. The lowest BCUT2D eigenvalue weighted by Gasteiger charge is -2.44. The zero-order chi connectivity index (χ0) is 26.1. The van der Waals surface area contributed by atoms with Gasteiger partial charge in [-0.2, -0.15) is 0 Å². The first kappa shape index (κ1) is 26.9. The highest BCUT2D eigenvalue weighted by Crippen LogP contribution is 2.32. The standard InChI is InChI=1S/C26H40N4O5/c1-16(2)13-29(23(31)22-27-20-10-8-9-11-21(20)30(22)17(3)4)19-12-18(24(32)33)14-28(15-19)25(34)35-26(5,6)7/h8-11,16-19,23,31H,12-15H2,1-7H3,(H,32,33)/t18-,19+,23?/m1/s1. The SMILES string of the molecule is CC(C)CN(C(O)c1nc2ccccc2n1C(C)C)[C@H]1C[C@@H](C(=O)O)CN(C(=O)OC(C)(C)C)C1. The average molecular weight is 489 g/mol. The minimum atomic E-state index is -1.06. The molecule has 2 heterocycles. The zero-order valence-electron chi connectivity index (χ0n) is 21.9. The van der Waals surface area contributed by atoms with Crippen LogP contribution in [0.4, 0.5) is 4.79 Å². The van der Waals surface area contributed by atoms with E-state index in [1.54, 1.807) is 20.8 Å². The lowest BCUT2D eigenvalue weighted by atomic mass is 9.92. The largest absolute Gasteiger partial charge is 0.481 e. The van der Waals surface area contributed by atoms with Gasteiger partial charge in [0, 0.05) is 31.7 Å². The second kappa shape index (κ2) is 10.5. The van der Waals surface area contributed by atoms with Gasteiger partial charge in [-0.3, -0.25) is 9.69 Å². The van der Waals surface area contributed by atoms with Gasteiger partial charge in [0.05, 0.1) is 17.0 Å². The maximum Gasteiger partial charge on any atom is 0.410 e. The number of para-hydroxylation sites is 2. The highest BCUT2D eigenvalue weighted by molar-refractivity contribution is 5.76. The Morgan fingerprint density at radius 1 is 1.17 bits per heavy atom. The van der Waals surface area contributed by atoms with Gasteiger partial charge in [-0.05, 0) is 59.1 Å². The molecule has 0 aliphatic carbocycles. The molecule has 1 aliphatic rings. The van der Waals surface area contributed by atoms with E-state index < -0.39 is 29.8 Å². The number of nitrogens with zero attached hydrogens (tertiary/aromatic N) is 4. The van der Waals surface area contributed by atoms with Crippen molar-refractivity contribution in [1.82, 2.24) is 19.4 Å².